The molecular formula is C18H17FN4O2S. The molecule has 0 unspecified atom stereocenters. The molecule has 0 saturated heterocycles. The van der Waals surface area contributed by atoms with Gasteiger partial charge in [0.25, 0.3) is 0 Å². The van der Waals surface area contributed by atoms with Gasteiger partial charge in [0.15, 0.2) is 17.4 Å². The molecule has 0 aliphatic carbocycles. The number of hydrogen-bond acceptors (Lipinski definition) is 5. The number of carbonyl (C=O) groups is 1. The number of rotatable bonds is 7. The molecule has 0 bridgehead atoms. The summed E-state index contributed by atoms with van der Waals surface area (Å²) < 4.78 is 18.8. The zero-order valence-corrected chi connectivity index (χ0v) is 14.8. The van der Waals surface area contributed by atoms with Crippen molar-refractivity contribution >= 4 is 23.4 Å². The van der Waals surface area contributed by atoms with Gasteiger partial charge in [-0.05, 0) is 36.8 Å². The predicted molar refractivity (Wildman–Crippen MR) is 97.6 cm³/mol. The SMILES string of the molecule is Cc1cccc(NC(=O)CSc2n[nH]c(COc3ccccc3F)n2)c1. The van der Waals surface area contributed by atoms with Crippen LogP contribution in [-0.2, 0) is 11.4 Å². The Balaban J connectivity index is 1.47. The molecule has 2 aromatic carbocycles. The number of para-hydroxylation sites is 1. The largest absolute Gasteiger partial charge is 0.483 e. The van der Waals surface area contributed by atoms with Gasteiger partial charge in [0.1, 0.15) is 6.61 Å². The highest BCUT2D eigenvalue weighted by molar-refractivity contribution is 7.99. The topological polar surface area (TPSA) is 79.9 Å². The average Bonchev–Trinajstić information content (AvgIpc) is 3.07. The summed E-state index contributed by atoms with van der Waals surface area (Å²) in [5.74, 6) is 0.203. The number of aromatic amines is 1. The van der Waals surface area contributed by atoms with Gasteiger partial charge < -0.3 is 10.1 Å². The van der Waals surface area contributed by atoms with Gasteiger partial charge in [-0.3, -0.25) is 9.89 Å². The number of carbonyl (C=O) groups excluding carboxylic acids is 1. The lowest BCUT2D eigenvalue weighted by atomic mass is 10.2. The van der Waals surface area contributed by atoms with E-state index in [0.717, 1.165) is 11.3 Å². The van der Waals surface area contributed by atoms with Crippen LogP contribution < -0.4 is 10.1 Å². The van der Waals surface area contributed by atoms with Gasteiger partial charge in [-0.1, -0.05) is 36.0 Å². The number of anilines is 1. The molecule has 3 aromatic rings. The molecule has 1 amide bonds. The van der Waals surface area contributed by atoms with E-state index in [1.807, 2.05) is 31.2 Å². The van der Waals surface area contributed by atoms with E-state index in [2.05, 4.69) is 20.5 Å². The summed E-state index contributed by atoms with van der Waals surface area (Å²) >= 11 is 1.20. The van der Waals surface area contributed by atoms with Crippen molar-refractivity contribution in [2.75, 3.05) is 11.1 Å². The minimum atomic E-state index is -0.436. The third-order valence-corrected chi connectivity index (χ3v) is 4.19. The first-order chi connectivity index (χ1) is 12.6. The van der Waals surface area contributed by atoms with Crippen molar-refractivity contribution in [1.29, 1.82) is 0 Å². The van der Waals surface area contributed by atoms with E-state index < -0.39 is 5.82 Å². The fourth-order valence-electron chi connectivity index (χ4n) is 2.16. The van der Waals surface area contributed by atoms with Crippen LogP contribution in [-0.4, -0.2) is 26.8 Å². The number of benzene rings is 2. The van der Waals surface area contributed by atoms with Crippen LogP contribution in [0.25, 0.3) is 0 Å². The molecule has 26 heavy (non-hydrogen) atoms. The molecular weight excluding hydrogens is 355 g/mol. The number of hydrogen-bond donors (Lipinski definition) is 2. The molecule has 0 saturated carbocycles. The molecule has 2 N–H and O–H groups in total. The van der Waals surface area contributed by atoms with Crippen molar-refractivity contribution in [1.82, 2.24) is 15.2 Å². The third-order valence-electron chi connectivity index (χ3n) is 3.35. The maximum Gasteiger partial charge on any atom is 0.234 e. The minimum Gasteiger partial charge on any atom is -0.483 e. The first kappa shape index (κ1) is 17.9. The van der Waals surface area contributed by atoms with E-state index in [4.69, 9.17) is 4.74 Å². The van der Waals surface area contributed by atoms with Crippen LogP contribution in [0.1, 0.15) is 11.4 Å². The van der Waals surface area contributed by atoms with Crippen LogP contribution in [0.3, 0.4) is 0 Å². The summed E-state index contributed by atoms with van der Waals surface area (Å²) in [6, 6.07) is 13.7. The predicted octanol–water partition coefficient (Wildman–Crippen LogP) is 3.56. The lowest BCUT2D eigenvalue weighted by Gasteiger charge is -2.04. The normalized spacial score (nSPS) is 10.5. The second-order valence-electron chi connectivity index (χ2n) is 5.49. The lowest BCUT2D eigenvalue weighted by Crippen LogP contribution is -2.14. The second kappa shape index (κ2) is 8.48. The van der Waals surface area contributed by atoms with Crippen LogP contribution in [0.5, 0.6) is 5.75 Å². The maximum atomic E-state index is 13.5. The summed E-state index contributed by atoms with van der Waals surface area (Å²) in [5, 5.41) is 9.98. The van der Waals surface area contributed by atoms with Crippen LogP contribution in [0, 0.1) is 12.7 Å². The number of nitrogens with one attached hydrogen (secondary N) is 2. The fraction of sp³-hybridized carbons (Fsp3) is 0.167. The van der Waals surface area contributed by atoms with Crippen molar-refractivity contribution < 1.29 is 13.9 Å². The Morgan fingerprint density at radius 2 is 2.12 bits per heavy atom. The average molecular weight is 372 g/mol. The van der Waals surface area contributed by atoms with Gasteiger partial charge >= 0.3 is 0 Å². The molecule has 3 rings (SSSR count). The van der Waals surface area contributed by atoms with Gasteiger partial charge in [0, 0.05) is 5.69 Å². The van der Waals surface area contributed by atoms with Gasteiger partial charge in [-0.25, -0.2) is 9.37 Å². The lowest BCUT2D eigenvalue weighted by molar-refractivity contribution is -0.113. The Kier molecular flexibility index (Phi) is 5.85. The van der Waals surface area contributed by atoms with Crippen LogP contribution in [0.15, 0.2) is 53.7 Å². The maximum absolute atomic E-state index is 13.5. The van der Waals surface area contributed by atoms with Gasteiger partial charge in [0.05, 0.1) is 5.75 Å². The van der Waals surface area contributed by atoms with Crippen LogP contribution in [0.4, 0.5) is 10.1 Å². The zero-order chi connectivity index (χ0) is 18.4. The van der Waals surface area contributed by atoms with Crippen LogP contribution >= 0.6 is 11.8 Å². The number of nitrogens with zero attached hydrogens (tertiary/aromatic N) is 2. The van der Waals surface area contributed by atoms with Crippen molar-refractivity contribution in [3.63, 3.8) is 0 Å². The number of aryl methyl sites for hydroxylation is 1. The van der Waals surface area contributed by atoms with E-state index in [0.29, 0.717) is 11.0 Å². The number of amides is 1. The summed E-state index contributed by atoms with van der Waals surface area (Å²) in [4.78, 5) is 16.2. The van der Waals surface area contributed by atoms with Gasteiger partial charge in [0.2, 0.25) is 11.1 Å². The quantitative estimate of drug-likeness (QED) is 0.620. The first-order valence-electron chi connectivity index (χ1n) is 7.88. The summed E-state index contributed by atoms with van der Waals surface area (Å²) in [6.45, 7) is 2.02. The van der Waals surface area contributed by atoms with E-state index in [1.54, 1.807) is 12.1 Å². The summed E-state index contributed by atoms with van der Waals surface area (Å²) in [7, 11) is 0. The Morgan fingerprint density at radius 3 is 2.92 bits per heavy atom. The van der Waals surface area contributed by atoms with E-state index in [1.165, 1.54) is 23.9 Å². The molecule has 134 valence electrons. The molecule has 0 spiro atoms. The third kappa shape index (κ3) is 5.06. The standard InChI is InChI=1S/C18H17FN4O2S/c1-12-5-4-6-13(9-12)20-17(24)11-26-18-21-16(22-23-18)10-25-15-8-3-2-7-14(15)19/h2-9H,10-11H2,1H3,(H,20,24)(H,21,22,23). The van der Waals surface area contributed by atoms with Crippen molar-refractivity contribution in [3.05, 3.63) is 65.7 Å². The Labute approximate surface area is 154 Å². The van der Waals surface area contributed by atoms with Gasteiger partial charge in [-0.2, -0.15) is 0 Å². The molecule has 0 atom stereocenters. The smallest absolute Gasteiger partial charge is 0.234 e. The van der Waals surface area contributed by atoms with Crippen LogP contribution in [0.2, 0.25) is 0 Å². The number of thioether (sulfide) groups is 1. The molecule has 0 radical (unpaired) electrons. The molecule has 6 nitrogen and oxygen atoms in total. The highest BCUT2D eigenvalue weighted by Crippen LogP contribution is 2.18. The van der Waals surface area contributed by atoms with E-state index in [-0.39, 0.29) is 24.0 Å². The Bertz CT molecular complexity index is 900. The minimum absolute atomic E-state index is 0.0595. The molecule has 0 aliphatic rings. The number of aromatic nitrogens is 3. The van der Waals surface area contributed by atoms with E-state index in [9.17, 15) is 9.18 Å². The Hall–Kier alpha value is -2.87. The molecule has 1 heterocycles. The highest BCUT2D eigenvalue weighted by Gasteiger charge is 2.09. The summed E-state index contributed by atoms with van der Waals surface area (Å²) in [5.41, 5.74) is 1.83. The number of halogens is 1. The fourth-order valence-corrected chi connectivity index (χ4v) is 2.78. The van der Waals surface area contributed by atoms with Crippen molar-refractivity contribution in [2.24, 2.45) is 0 Å². The molecule has 0 fully saturated rings. The van der Waals surface area contributed by atoms with E-state index >= 15 is 0 Å². The molecule has 8 heteroatoms. The molecule has 1 aromatic heterocycles. The van der Waals surface area contributed by atoms with Gasteiger partial charge in [-0.15, -0.1) is 5.10 Å². The first-order valence-corrected chi connectivity index (χ1v) is 8.86. The summed E-state index contributed by atoms with van der Waals surface area (Å²) in [6.07, 6.45) is 0. The number of H-pyrrole nitrogens is 1. The van der Waals surface area contributed by atoms with Crippen molar-refractivity contribution in [3.8, 4) is 5.75 Å². The monoisotopic (exact) mass is 372 g/mol. The second-order valence-corrected chi connectivity index (χ2v) is 6.43. The number of ether oxygens (including phenoxy) is 1. The zero-order valence-electron chi connectivity index (χ0n) is 14.0. The highest BCUT2D eigenvalue weighted by atomic mass is 32.2. The Morgan fingerprint density at radius 1 is 1.27 bits per heavy atom. The molecule has 0 aliphatic heterocycles. The van der Waals surface area contributed by atoms with Crippen molar-refractivity contribution in [2.45, 2.75) is 18.7 Å².